The van der Waals surface area contributed by atoms with Crippen LogP contribution >= 0.6 is 0 Å². The minimum Gasteiger partial charge on any atom is -0.310 e. The first-order chi connectivity index (χ1) is 28.0. The van der Waals surface area contributed by atoms with Crippen LogP contribution in [0.1, 0.15) is 25.0 Å². The molecular weight excluding hydrogens is 693 g/mol. The summed E-state index contributed by atoms with van der Waals surface area (Å²) in [5.41, 5.74) is 17.7. The Morgan fingerprint density at radius 2 is 0.982 bits per heavy atom. The highest BCUT2D eigenvalue weighted by molar-refractivity contribution is 6.11. The summed E-state index contributed by atoms with van der Waals surface area (Å²) in [5, 5.41) is 2.44. The lowest BCUT2D eigenvalue weighted by molar-refractivity contribution is 0.660. The highest BCUT2D eigenvalue weighted by Crippen LogP contribution is 2.50. The van der Waals surface area contributed by atoms with E-state index >= 15 is 0 Å². The first kappa shape index (κ1) is 33.1. The molecule has 270 valence electrons. The number of fused-ring (bicyclic) bond motifs is 7. The molecule has 0 amide bonds. The molecule has 10 aromatic rings. The van der Waals surface area contributed by atoms with Crippen LogP contribution in [0, 0.1) is 0 Å². The number of hydrogen-bond acceptors (Lipinski definition) is 3. The third kappa shape index (κ3) is 5.29. The molecule has 11 rings (SSSR count). The van der Waals surface area contributed by atoms with Crippen molar-refractivity contribution in [3.63, 3.8) is 0 Å². The zero-order chi connectivity index (χ0) is 38.1. The van der Waals surface area contributed by atoms with Gasteiger partial charge in [-0.2, -0.15) is 0 Å². The van der Waals surface area contributed by atoms with E-state index in [9.17, 15) is 0 Å². The molecule has 1 aliphatic rings. The Labute approximate surface area is 332 Å². The molecule has 0 saturated heterocycles. The second kappa shape index (κ2) is 12.9. The van der Waals surface area contributed by atoms with Crippen LogP contribution in [0.3, 0.4) is 0 Å². The molecule has 0 aliphatic heterocycles. The Hall–Kier alpha value is -7.30. The van der Waals surface area contributed by atoms with E-state index in [-0.39, 0.29) is 5.41 Å². The molecule has 0 bridgehead atoms. The molecule has 2 heterocycles. The summed E-state index contributed by atoms with van der Waals surface area (Å²) in [7, 11) is 0. The molecule has 0 atom stereocenters. The third-order valence-electron chi connectivity index (χ3n) is 11.8. The largest absolute Gasteiger partial charge is 0.310 e. The predicted octanol–water partition coefficient (Wildman–Crippen LogP) is 13.8. The van der Waals surface area contributed by atoms with Crippen molar-refractivity contribution < 1.29 is 0 Å². The maximum atomic E-state index is 5.16. The van der Waals surface area contributed by atoms with Crippen LogP contribution in [0.5, 0.6) is 0 Å². The predicted molar refractivity (Wildman–Crippen MR) is 237 cm³/mol. The Balaban J connectivity index is 1.04. The number of aromatic nitrogens is 3. The monoisotopic (exact) mass is 730 g/mol. The van der Waals surface area contributed by atoms with E-state index in [0.29, 0.717) is 0 Å². The summed E-state index contributed by atoms with van der Waals surface area (Å²) in [6.07, 6.45) is 0. The first-order valence-corrected chi connectivity index (χ1v) is 19.6. The molecular formula is C53H38N4. The summed E-state index contributed by atoms with van der Waals surface area (Å²) in [4.78, 5) is 12.6. The topological polar surface area (TPSA) is 34.0 Å². The van der Waals surface area contributed by atoms with Gasteiger partial charge in [-0.05, 0) is 95.1 Å². The molecule has 0 spiro atoms. The van der Waals surface area contributed by atoms with Gasteiger partial charge >= 0.3 is 0 Å². The Bertz CT molecular complexity index is 3140. The van der Waals surface area contributed by atoms with Gasteiger partial charge in [0, 0.05) is 50.1 Å². The molecule has 0 unspecified atom stereocenters. The lowest BCUT2D eigenvalue weighted by Crippen LogP contribution is -2.15. The van der Waals surface area contributed by atoms with Crippen LogP contribution in [0.15, 0.2) is 194 Å². The molecule has 1 aliphatic carbocycles. The van der Waals surface area contributed by atoms with Gasteiger partial charge in [0.25, 0.3) is 0 Å². The van der Waals surface area contributed by atoms with Gasteiger partial charge in [-0.3, -0.25) is 0 Å². The van der Waals surface area contributed by atoms with E-state index < -0.39 is 0 Å². The molecule has 4 nitrogen and oxygen atoms in total. The zero-order valence-corrected chi connectivity index (χ0v) is 31.8. The molecule has 57 heavy (non-hydrogen) atoms. The molecule has 8 aromatic carbocycles. The van der Waals surface area contributed by atoms with Gasteiger partial charge in [-0.1, -0.05) is 135 Å². The van der Waals surface area contributed by atoms with Crippen LogP contribution in [0.4, 0.5) is 17.1 Å². The number of hydrogen-bond donors (Lipinski definition) is 0. The molecule has 2 aromatic heterocycles. The summed E-state index contributed by atoms with van der Waals surface area (Å²) >= 11 is 0. The lowest BCUT2D eigenvalue weighted by Gasteiger charge is -2.26. The second-order valence-corrected chi connectivity index (χ2v) is 15.4. The molecule has 0 saturated carbocycles. The zero-order valence-electron chi connectivity index (χ0n) is 31.8. The van der Waals surface area contributed by atoms with Crippen molar-refractivity contribution >= 4 is 49.9 Å². The van der Waals surface area contributed by atoms with Gasteiger partial charge in [0.1, 0.15) is 0 Å². The van der Waals surface area contributed by atoms with E-state index in [1.165, 1.54) is 49.7 Å². The normalized spacial score (nSPS) is 12.9. The third-order valence-corrected chi connectivity index (χ3v) is 11.8. The highest BCUT2D eigenvalue weighted by Gasteiger charge is 2.35. The number of anilines is 3. The minimum absolute atomic E-state index is 0.0798. The quantitative estimate of drug-likeness (QED) is 0.171. The van der Waals surface area contributed by atoms with Crippen LogP contribution in [0.2, 0.25) is 0 Å². The Morgan fingerprint density at radius 3 is 1.74 bits per heavy atom. The maximum absolute atomic E-state index is 5.16. The van der Waals surface area contributed by atoms with Crippen molar-refractivity contribution in [3.8, 4) is 39.3 Å². The van der Waals surface area contributed by atoms with E-state index in [2.05, 4.69) is 187 Å². The highest BCUT2D eigenvalue weighted by atomic mass is 15.1. The molecule has 0 fully saturated rings. The van der Waals surface area contributed by atoms with E-state index in [4.69, 9.17) is 9.97 Å². The Kier molecular flexibility index (Phi) is 7.48. The fourth-order valence-electron chi connectivity index (χ4n) is 9.00. The lowest BCUT2D eigenvalue weighted by atomic mass is 9.82. The van der Waals surface area contributed by atoms with Gasteiger partial charge < -0.3 is 9.47 Å². The van der Waals surface area contributed by atoms with Crippen molar-refractivity contribution in [2.75, 3.05) is 4.90 Å². The van der Waals surface area contributed by atoms with E-state index in [1.807, 2.05) is 30.3 Å². The van der Waals surface area contributed by atoms with Gasteiger partial charge in [-0.15, -0.1) is 0 Å². The average molecular weight is 731 g/mol. The minimum atomic E-state index is -0.0798. The fourth-order valence-corrected chi connectivity index (χ4v) is 9.00. The molecule has 0 radical (unpaired) electrons. The van der Waals surface area contributed by atoms with E-state index in [1.54, 1.807) is 0 Å². The van der Waals surface area contributed by atoms with Crippen LogP contribution in [0.25, 0.3) is 72.2 Å². The van der Waals surface area contributed by atoms with Crippen molar-refractivity contribution in [1.82, 2.24) is 14.5 Å². The first-order valence-electron chi connectivity index (χ1n) is 19.6. The fraction of sp³-hybridized carbons (Fsp3) is 0.0566. The summed E-state index contributed by atoms with van der Waals surface area (Å²) in [6, 6.07) is 69.4. The average Bonchev–Trinajstić information content (AvgIpc) is 3.72. The van der Waals surface area contributed by atoms with Crippen molar-refractivity contribution in [3.05, 3.63) is 205 Å². The maximum Gasteiger partial charge on any atom is 0.0973 e. The van der Waals surface area contributed by atoms with Crippen LogP contribution in [-0.2, 0) is 5.41 Å². The van der Waals surface area contributed by atoms with Gasteiger partial charge in [-0.25, -0.2) is 9.97 Å². The van der Waals surface area contributed by atoms with Crippen molar-refractivity contribution in [2.24, 2.45) is 0 Å². The molecule has 0 N–H and O–H groups in total. The SMILES string of the molecule is CC1(C)c2ccccc2-c2ccc(-n3c4ccccc4c4cc(N(c5ccccc5)c5ccc(-c6nc7ccccc7nc6-c6ccccc6)cc5)ccc43)cc21. The van der Waals surface area contributed by atoms with Gasteiger partial charge in [0.15, 0.2) is 0 Å². The summed E-state index contributed by atoms with van der Waals surface area (Å²) in [5.74, 6) is 0. The Morgan fingerprint density at radius 1 is 0.421 bits per heavy atom. The molecule has 4 heteroatoms. The number of nitrogens with zero attached hydrogens (tertiary/aromatic N) is 4. The standard InChI is InChI=1S/C53H38N4/c1-53(2)45-21-11-9-19-41(45)42-31-29-40(34-46(42)53)57-49-24-14-10-20-43(49)44-33-39(30-32-50(44)57)56(37-17-7-4-8-18-37)38-27-25-36(26-28-38)52-51(35-15-5-3-6-16-35)54-47-22-12-13-23-48(47)55-52/h3-34H,1-2H3. The number of para-hydroxylation sites is 4. The van der Waals surface area contributed by atoms with E-state index in [0.717, 1.165) is 50.6 Å². The van der Waals surface area contributed by atoms with Crippen molar-refractivity contribution in [1.29, 1.82) is 0 Å². The summed E-state index contributed by atoms with van der Waals surface area (Å²) in [6.45, 7) is 4.70. The second-order valence-electron chi connectivity index (χ2n) is 15.4. The van der Waals surface area contributed by atoms with Crippen LogP contribution in [-0.4, -0.2) is 14.5 Å². The van der Waals surface area contributed by atoms with Gasteiger partial charge in [0.05, 0.1) is 33.5 Å². The summed E-state index contributed by atoms with van der Waals surface area (Å²) < 4.78 is 2.43. The van der Waals surface area contributed by atoms with Crippen molar-refractivity contribution in [2.45, 2.75) is 19.3 Å². The number of benzene rings is 8. The van der Waals surface area contributed by atoms with Gasteiger partial charge in [0.2, 0.25) is 0 Å². The van der Waals surface area contributed by atoms with Crippen LogP contribution < -0.4 is 4.90 Å². The number of rotatable bonds is 6. The smallest absolute Gasteiger partial charge is 0.0973 e.